The zero-order chi connectivity index (χ0) is 31.6. The van der Waals surface area contributed by atoms with Crippen LogP contribution in [0.25, 0.3) is 83.7 Å². The second kappa shape index (κ2) is 10.6. The van der Waals surface area contributed by atoms with Crippen LogP contribution in [0, 0.1) is 0 Å². The van der Waals surface area contributed by atoms with E-state index in [0.29, 0.717) is 23.9 Å². The Morgan fingerprint density at radius 1 is 0.521 bits per heavy atom. The van der Waals surface area contributed by atoms with Crippen molar-refractivity contribution in [2.24, 2.45) is 0 Å². The van der Waals surface area contributed by atoms with Crippen molar-refractivity contribution in [3.63, 3.8) is 0 Å². The van der Waals surface area contributed by atoms with Crippen molar-refractivity contribution in [2.75, 3.05) is 0 Å². The maximum atomic E-state index is 6.46. The minimum Gasteiger partial charge on any atom is -0.460 e. The molecule has 0 spiro atoms. The Hall–Kier alpha value is -6.33. The highest BCUT2D eigenvalue weighted by Gasteiger charge is 2.26. The molecule has 0 saturated carbocycles. The van der Waals surface area contributed by atoms with Crippen molar-refractivity contribution < 1.29 is 8.83 Å². The molecule has 1 aliphatic rings. The standard InChI is InChI=1S/C43H27N3O2/c1-2-11-27(12-3-1)31-15-8-18-36-39(31)40-34(16-9-19-37(40)48-36)43-45-41(29-21-20-26-10-4-5-13-28(26)24-29)44-42(46-43)30-22-23-33-32-14-6-7-17-35(32)47-38(33)25-30/h1-24,30H,25H2. The van der Waals surface area contributed by atoms with Gasteiger partial charge in [-0.15, -0.1) is 0 Å². The van der Waals surface area contributed by atoms with Crippen LogP contribution in [0.2, 0.25) is 0 Å². The molecule has 226 valence electrons. The Morgan fingerprint density at radius 3 is 2.10 bits per heavy atom. The van der Waals surface area contributed by atoms with E-state index in [1.807, 2.05) is 42.5 Å². The first-order valence-corrected chi connectivity index (χ1v) is 16.2. The van der Waals surface area contributed by atoms with Crippen molar-refractivity contribution in [2.45, 2.75) is 12.3 Å². The van der Waals surface area contributed by atoms with Crippen LogP contribution in [0.4, 0.5) is 0 Å². The first kappa shape index (κ1) is 26.8. The van der Waals surface area contributed by atoms with Crippen LogP contribution in [0.5, 0.6) is 0 Å². The van der Waals surface area contributed by atoms with Gasteiger partial charge in [-0.3, -0.25) is 0 Å². The fourth-order valence-corrected chi connectivity index (χ4v) is 7.16. The Balaban J connectivity index is 1.20. The number of hydrogen-bond acceptors (Lipinski definition) is 5. The third-order valence-electron chi connectivity index (χ3n) is 9.45. The number of rotatable bonds is 4. The fourth-order valence-electron chi connectivity index (χ4n) is 7.16. The van der Waals surface area contributed by atoms with Crippen LogP contribution >= 0.6 is 0 Å². The molecule has 3 heterocycles. The SMILES string of the molecule is C1=CC(c2nc(-c3ccc4ccccc4c3)nc(-c3cccc4oc5cccc(-c6ccccc6)c5c34)n2)Cc2oc3ccccc3c21. The van der Waals surface area contributed by atoms with Crippen molar-refractivity contribution in [1.29, 1.82) is 0 Å². The van der Waals surface area contributed by atoms with E-state index in [2.05, 4.69) is 103 Å². The first-order chi connectivity index (χ1) is 23.8. The number of furan rings is 2. The van der Waals surface area contributed by atoms with Crippen molar-refractivity contribution in [3.05, 3.63) is 157 Å². The lowest BCUT2D eigenvalue weighted by atomic mass is 9.93. The van der Waals surface area contributed by atoms with Gasteiger partial charge in [-0.05, 0) is 46.2 Å². The minimum atomic E-state index is -0.0841. The molecule has 1 aliphatic carbocycles. The third kappa shape index (κ3) is 4.28. The summed E-state index contributed by atoms with van der Waals surface area (Å²) in [5, 5.41) is 5.48. The zero-order valence-corrected chi connectivity index (χ0v) is 25.8. The van der Waals surface area contributed by atoms with E-state index in [1.165, 1.54) is 5.39 Å². The summed E-state index contributed by atoms with van der Waals surface area (Å²) >= 11 is 0. The summed E-state index contributed by atoms with van der Waals surface area (Å²) < 4.78 is 12.8. The highest BCUT2D eigenvalue weighted by molar-refractivity contribution is 6.17. The Morgan fingerprint density at radius 2 is 1.23 bits per heavy atom. The van der Waals surface area contributed by atoms with E-state index < -0.39 is 0 Å². The van der Waals surface area contributed by atoms with Crippen LogP contribution in [-0.2, 0) is 6.42 Å². The molecular weight excluding hydrogens is 590 g/mol. The first-order valence-electron chi connectivity index (χ1n) is 16.2. The fraction of sp³-hybridized carbons (Fsp3) is 0.0465. The van der Waals surface area contributed by atoms with Crippen LogP contribution in [-0.4, -0.2) is 15.0 Å². The maximum absolute atomic E-state index is 6.46. The predicted octanol–water partition coefficient (Wildman–Crippen LogP) is 11.0. The number of benzene rings is 6. The van der Waals surface area contributed by atoms with Gasteiger partial charge < -0.3 is 8.83 Å². The number of hydrogen-bond donors (Lipinski definition) is 0. The van der Waals surface area contributed by atoms with Crippen LogP contribution < -0.4 is 0 Å². The van der Waals surface area contributed by atoms with E-state index in [-0.39, 0.29) is 5.92 Å². The van der Waals surface area contributed by atoms with Crippen LogP contribution in [0.1, 0.15) is 23.1 Å². The number of para-hydroxylation sites is 1. The van der Waals surface area contributed by atoms with Gasteiger partial charge in [0.2, 0.25) is 0 Å². The average molecular weight is 618 g/mol. The van der Waals surface area contributed by atoms with Gasteiger partial charge in [-0.2, -0.15) is 0 Å². The Kier molecular flexibility index (Phi) is 5.93. The highest BCUT2D eigenvalue weighted by Crippen LogP contribution is 2.42. The van der Waals surface area contributed by atoms with Crippen molar-refractivity contribution in [3.8, 4) is 33.9 Å². The summed E-state index contributed by atoms with van der Waals surface area (Å²) in [5.74, 6) is 2.83. The largest absolute Gasteiger partial charge is 0.460 e. The molecule has 0 fully saturated rings. The van der Waals surface area contributed by atoms with E-state index in [1.54, 1.807) is 0 Å². The summed E-state index contributed by atoms with van der Waals surface area (Å²) in [6, 6.07) is 45.8. The van der Waals surface area contributed by atoms with E-state index in [9.17, 15) is 0 Å². The summed E-state index contributed by atoms with van der Waals surface area (Å²) in [6.45, 7) is 0. The Bertz CT molecular complexity index is 2720. The molecule has 5 nitrogen and oxygen atoms in total. The van der Waals surface area contributed by atoms with E-state index >= 15 is 0 Å². The molecule has 0 amide bonds. The average Bonchev–Trinajstić information content (AvgIpc) is 3.73. The van der Waals surface area contributed by atoms with Gasteiger partial charge in [0, 0.05) is 45.2 Å². The molecule has 0 N–H and O–H groups in total. The minimum absolute atomic E-state index is 0.0841. The molecule has 10 rings (SSSR count). The second-order valence-corrected chi connectivity index (χ2v) is 12.3. The molecule has 0 saturated heterocycles. The molecule has 0 aliphatic heterocycles. The molecule has 48 heavy (non-hydrogen) atoms. The summed E-state index contributed by atoms with van der Waals surface area (Å²) in [7, 11) is 0. The molecule has 0 bridgehead atoms. The van der Waals surface area contributed by atoms with Gasteiger partial charge in [-0.25, -0.2) is 15.0 Å². The lowest BCUT2D eigenvalue weighted by molar-refractivity contribution is 0.527. The second-order valence-electron chi connectivity index (χ2n) is 12.3. The van der Waals surface area contributed by atoms with Crippen molar-refractivity contribution >= 4 is 49.8 Å². The lowest BCUT2D eigenvalue weighted by Gasteiger charge is -2.17. The highest BCUT2D eigenvalue weighted by atomic mass is 16.3. The van der Waals surface area contributed by atoms with Gasteiger partial charge in [0.25, 0.3) is 0 Å². The number of allylic oxidation sites excluding steroid dienone is 1. The predicted molar refractivity (Wildman–Crippen MR) is 193 cm³/mol. The molecule has 0 radical (unpaired) electrons. The van der Waals surface area contributed by atoms with E-state index in [4.69, 9.17) is 23.8 Å². The molecule has 9 aromatic rings. The summed E-state index contributed by atoms with van der Waals surface area (Å²) in [4.78, 5) is 15.5. The third-order valence-corrected chi connectivity index (χ3v) is 9.45. The lowest BCUT2D eigenvalue weighted by Crippen LogP contribution is -2.11. The normalized spacial score (nSPS) is 14.3. The van der Waals surface area contributed by atoms with E-state index in [0.717, 1.165) is 71.9 Å². The topological polar surface area (TPSA) is 65.0 Å². The number of nitrogens with zero attached hydrogens (tertiary/aromatic N) is 3. The molecule has 6 aromatic carbocycles. The monoisotopic (exact) mass is 617 g/mol. The van der Waals surface area contributed by atoms with Crippen molar-refractivity contribution in [1.82, 2.24) is 15.0 Å². The number of fused-ring (bicyclic) bond motifs is 7. The van der Waals surface area contributed by atoms with Gasteiger partial charge in [0.15, 0.2) is 11.6 Å². The Labute approximate surface area is 275 Å². The molecule has 1 unspecified atom stereocenters. The number of aromatic nitrogens is 3. The molecule has 5 heteroatoms. The van der Waals surface area contributed by atoms with Gasteiger partial charge in [0.05, 0.1) is 0 Å². The summed E-state index contributed by atoms with van der Waals surface area (Å²) in [5.41, 5.74) is 7.74. The van der Waals surface area contributed by atoms with Crippen LogP contribution in [0.15, 0.2) is 148 Å². The quantitative estimate of drug-likeness (QED) is 0.197. The molecule has 3 aromatic heterocycles. The maximum Gasteiger partial charge on any atom is 0.164 e. The summed E-state index contributed by atoms with van der Waals surface area (Å²) in [6.07, 6.45) is 5.03. The molecule has 1 atom stereocenters. The van der Waals surface area contributed by atoms with Gasteiger partial charge in [-0.1, -0.05) is 121 Å². The molecular formula is C43H27N3O2. The van der Waals surface area contributed by atoms with Gasteiger partial charge in [0.1, 0.15) is 28.3 Å². The van der Waals surface area contributed by atoms with Gasteiger partial charge >= 0.3 is 0 Å². The smallest absolute Gasteiger partial charge is 0.164 e. The van der Waals surface area contributed by atoms with Crippen LogP contribution in [0.3, 0.4) is 0 Å². The zero-order valence-electron chi connectivity index (χ0n) is 25.8.